The van der Waals surface area contributed by atoms with Crippen molar-refractivity contribution >= 4 is 12.1 Å². The molecule has 2 unspecified atom stereocenters. The van der Waals surface area contributed by atoms with Gasteiger partial charge in [-0.25, -0.2) is 4.79 Å². The SMILES string of the molecule is CCC1CC(NC(=O)OC)CN(CC(=O)O)C1. The van der Waals surface area contributed by atoms with Crippen LogP contribution in [0.1, 0.15) is 19.8 Å². The van der Waals surface area contributed by atoms with E-state index >= 15 is 0 Å². The van der Waals surface area contributed by atoms with E-state index in [2.05, 4.69) is 17.0 Å². The summed E-state index contributed by atoms with van der Waals surface area (Å²) in [5, 5.41) is 11.5. The Balaban J connectivity index is 2.53. The first kappa shape index (κ1) is 13.8. The van der Waals surface area contributed by atoms with Gasteiger partial charge in [0.15, 0.2) is 0 Å². The second-order valence-electron chi connectivity index (χ2n) is 4.43. The van der Waals surface area contributed by atoms with E-state index in [9.17, 15) is 9.59 Å². The van der Waals surface area contributed by atoms with Crippen LogP contribution in [0.4, 0.5) is 4.79 Å². The maximum Gasteiger partial charge on any atom is 0.407 e. The molecule has 17 heavy (non-hydrogen) atoms. The smallest absolute Gasteiger partial charge is 0.407 e. The zero-order valence-corrected chi connectivity index (χ0v) is 10.3. The van der Waals surface area contributed by atoms with Crippen molar-refractivity contribution in [1.82, 2.24) is 10.2 Å². The number of ether oxygens (including phenoxy) is 1. The van der Waals surface area contributed by atoms with Crippen molar-refractivity contribution in [2.24, 2.45) is 5.92 Å². The summed E-state index contributed by atoms with van der Waals surface area (Å²) in [5.74, 6) is -0.413. The molecule has 1 fully saturated rings. The van der Waals surface area contributed by atoms with Crippen molar-refractivity contribution in [2.45, 2.75) is 25.8 Å². The number of carbonyl (C=O) groups is 2. The molecule has 1 saturated heterocycles. The number of nitrogens with one attached hydrogen (secondary N) is 1. The molecular formula is C11H20N2O4. The van der Waals surface area contributed by atoms with Crippen molar-refractivity contribution in [3.63, 3.8) is 0 Å². The predicted octanol–water partition coefficient (Wildman–Crippen LogP) is 0.527. The number of amides is 1. The van der Waals surface area contributed by atoms with Crippen molar-refractivity contribution in [3.05, 3.63) is 0 Å². The van der Waals surface area contributed by atoms with Crippen LogP contribution in [0.25, 0.3) is 0 Å². The first-order chi connectivity index (χ1) is 8.05. The van der Waals surface area contributed by atoms with E-state index in [-0.39, 0.29) is 12.6 Å². The van der Waals surface area contributed by atoms with E-state index in [0.717, 1.165) is 19.4 Å². The third-order valence-electron chi connectivity index (χ3n) is 3.06. The summed E-state index contributed by atoms with van der Waals surface area (Å²) in [7, 11) is 1.32. The average molecular weight is 244 g/mol. The van der Waals surface area contributed by atoms with Crippen LogP contribution in [0, 0.1) is 5.92 Å². The number of alkyl carbamates (subject to hydrolysis) is 1. The van der Waals surface area contributed by atoms with Gasteiger partial charge in [-0.1, -0.05) is 13.3 Å². The lowest BCUT2D eigenvalue weighted by molar-refractivity contribution is -0.138. The monoisotopic (exact) mass is 244 g/mol. The van der Waals surface area contributed by atoms with E-state index in [1.807, 2.05) is 4.90 Å². The van der Waals surface area contributed by atoms with Gasteiger partial charge >= 0.3 is 12.1 Å². The molecule has 0 aliphatic carbocycles. The number of methoxy groups -OCH3 is 1. The normalized spacial score (nSPS) is 25.3. The van der Waals surface area contributed by atoms with Crippen LogP contribution in [0.15, 0.2) is 0 Å². The zero-order chi connectivity index (χ0) is 12.8. The number of hydrogen-bond donors (Lipinski definition) is 2. The number of piperidine rings is 1. The molecule has 0 saturated carbocycles. The summed E-state index contributed by atoms with van der Waals surface area (Å²) < 4.78 is 4.55. The van der Waals surface area contributed by atoms with E-state index in [4.69, 9.17) is 5.11 Å². The highest BCUT2D eigenvalue weighted by molar-refractivity contribution is 5.69. The van der Waals surface area contributed by atoms with Crippen molar-refractivity contribution in [3.8, 4) is 0 Å². The van der Waals surface area contributed by atoms with Gasteiger partial charge in [0.25, 0.3) is 0 Å². The summed E-state index contributed by atoms with van der Waals surface area (Å²) in [5.41, 5.74) is 0. The third kappa shape index (κ3) is 4.60. The van der Waals surface area contributed by atoms with Crippen molar-refractivity contribution in [1.29, 1.82) is 0 Å². The molecule has 2 N–H and O–H groups in total. The molecule has 0 spiro atoms. The van der Waals surface area contributed by atoms with Gasteiger partial charge in [-0.3, -0.25) is 9.69 Å². The highest BCUT2D eigenvalue weighted by Crippen LogP contribution is 2.19. The lowest BCUT2D eigenvalue weighted by Gasteiger charge is -2.36. The fourth-order valence-corrected chi connectivity index (χ4v) is 2.25. The molecular weight excluding hydrogens is 224 g/mol. The summed E-state index contributed by atoms with van der Waals surface area (Å²) >= 11 is 0. The number of carbonyl (C=O) groups excluding carboxylic acids is 1. The lowest BCUT2D eigenvalue weighted by Crippen LogP contribution is -2.51. The number of carboxylic acids is 1. The quantitative estimate of drug-likeness (QED) is 0.754. The van der Waals surface area contributed by atoms with Crippen LogP contribution in [0.3, 0.4) is 0 Å². The molecule has 2 atom stereocenters. The van der Waals surface area contributed by atoms with Gasteiger partial charge in [0, 0.05) is 19.1 Å². The highest BCUT2D eigenvalue weighted by atomic mass is 16.5. The molecule has 0 aromatic carbocycles. The Morgan fingerprint density at radius 1 is 1.47 bits per heavy atom. The van der Waals surface area contributed by atoms with Crippen molar-refractivity contribution < 1.29 is 19.4 Å². The second-order valence-corrected chi connectivity index (χ2v) is 4.43. The predicted molar refractivity (Wildman–Crippen MR) is 61.8 cm³/mol. The van der Waals surface area contributed by atoms with Crippen LogP contribution >= 0.6 is 0 Å². The zero-order valence-electron chi connectivity index (χ0n) is 10.3. The van der Waals surface area contributed by atoms with Gasteiger partial charge in [-0.15, -0.1) is 0 Å². The molecule has 1 aliphatic rings. The third-order valence-corrected chi connectivity index (χ3v) is 3.06. The highest BCUT2D eigenvalue weighted by Gasteiger charge is 2.28. The van der Waals surface area contributed by atoms with Crippen LogP contribution in [0.2, 0.25) is 0 Å². The van der Waals surface area contributed by atoms with E-state index in [0.29, 0.717) is 12.5 Å². The second kappa shape index (κ2) is 6.44. The molecule has 0 radical (unpaired) electrons. The van der Waals surface area contributed by atoms with Crippen LogP contribution < -0.4 is 5.32 Å². The Hall–Kier alpha value is -1.30. The molecule has 1 aliphatic heterocycles. The maximum atomic E-state index is 11.1. The fraction of sp³-hybridized carbons (Fsp3) is 0.818. The van der Waals surface area contributed by atoms with Gasteiger partial charge in [0.2, 0.25) is 0 Å². The van der Waals surface area contributed by atoms with Crippen LogP contribution in [-0.2, 0) is 9.53 Å². The van der Waals surface area contributed by atoms with Gasteiger partial charge in [-0.05, 0) is 12.3 Å². The van der Waals surface area contributed by atoms with E-state index < -0.39 is 12.1 Å². The molecule has 0 bridgehead atoms. The number of rotatable bonds is 4. The minimum atomic E-state index is -0.835. The largest absolute Gasteiger partial charge is 0.480 e. The molecule has 0 aromatic heterocycles. The van der Waals surface area contributed by atoms with E-state index in [1.165, 1.54) is 7.11 Å². The van der Waals surface area contributed by atoms with E-state index in [1.54, 1.807) is 0 Å². The Morgan fingerprint density at radius 2 is 2.18 bits per heavy atom. The standard InChI is InChI=1S/C11H20N2O4/c1-3-8-4-9(12-11(16)17-2)6-13(5-8)7-10(14)15/h8-9H,3-7H2,1-2H3,(H,12,16)(H,14,15). The Morgan fingerprint density at radius 3 is 2.71 bits per heavy atom. The average Bonchev–Trinajstić information content (AvgIpc) is 2.27. The minimum Gasteiger partial charge on any atom is -0.480 e. The Labute approximate surface area is 101 Å². The number of likely N-dealkylation sites (tertiary alicyclic amines) is 1. The Kier molecular flexibility index (Phi) is 5.21. The molecule has 98 valence electrons. The molecule has 6 nitrogen and oxygen atoms in total. The Bertz CT molecular complexity index is 283. The summed E-state index contributed by atoms with van der Waals surface area (Å²) in [6.45, 7) is 3.44. The first-order valence-electron chi connectivity index (χ1n) is 5.83. The van der Waals surface area contributed by atoms with Crippen LogP contribution in [-0.4, -0.2) is 54.9 Å². The van der Waals surface area contributed by atoms with Crippen molar-refractivity contribution in [2.75, 3.05) is 26.7 Å². The number of carboxylic acid groups (broad SMARTS) is 1. The molecule has 0 aromatic rings. The van der Waals surface area contributed by atoms with Gasteiger partial charge in [0.05, 0.1) is 13.7 Å². The minimum absolute atomic E-state index is 0.0237. The molecule has 1 rings (SSSR count). The summed E-state index contributed by atoms with van der Waals surface area (Å²) in [6.07, 6.45) is 1.40. The van der Waals surface area contributed by atoms with Gasteiger partial charge < -0.3 is 15.2 Å². The van der Waals surface area contributed by atoms with Gasteiger partial charge in [-0.2, -0.15) is 0 Å². The first-order valence-corrected chi connectivity index (χ1v) is 5.83. The number of hydrogen-bond acceptors (Lipinski definition) is 4. The maximum absolute atomic E-state index is 11.1. The fourth-order valence-electron chi connectivity index (χ4n) is 2.25. The topological polar surface area (TPSA) is 78.9 Å². The summed E-state index contributed by atoms with van der Waals surface area (Å²) in [6, 6.07) is -0.0273. The lowest BCUT2D eigenvalue weighted by atomic mass is 9.92. The molecule has 6 heteroatoms. The van der Waals surface area contributed by atoms with Gasteiger partial charge in [0.1, 0.15) is 0 Å². The molecule has 1 heterocycles. The number of aliphatic carboxylic acids is 1. The number of nitrogens with zero attached hydrogens (tertiary/aromatic N) is 1. The summed E-state index contributed by atoms with van der Waals surface area (Å²) in [4.78, 5) is 23.7. The van der Waals surface area contributed by atoms with Crippen LogP contribution in [0.5, 0.6) is 0 Å². The molecule has 1 amide bonds.